The fourth-order valence-corrected chi connectivity index (χ4v) is 2.84. The van der Waals surface area contributed by atoms with Crippen molar-refractivity contribution in [1.82, 2.24) is 10.6 Å². The topological polar surface area (TPSA) is 124 Å². The van der Waals surface area contributed by atoms with Crippen LogP contribution < -0.4 is 16.0 Å². The molecule has 1 aromatic carbocycles. The molecule has 1 heterocycles. The van der Waals surface area contributed by atoms with Gasteiger partial charge in [-0.2, -0.15) is 5.26 Å². The van der Waals surface area contributed by atoms with Gasteiger partial charge in [0.05, 0.1) is 6.54 Å². The molecule has 0 radical (unpaired) electrons. The van der Waals surface area contributed by atoms with E-state index in [4.69, 9.17) is 27.6 Å². The van der Waals surface area contributed by atoms with E-state index in [9.17, 15) is 19.6 Å². The molecular weight excluding hydrogens is 443 g/mol. The Kier molecular flexibility index (Phi) is 8.67. The summed E-state index contributed by atoms with van der Waals surface area (Å²) in [6, 6.07) is 9.33. The summed E-state index contributed by atoms with van der Waals surface area (Å²) in [5, 5.41) is 17.3. The lowest BCUT2D eigenvalue weighted by atomic mass is 10.2. The molecule has 8 nitrogen and oxygen atoms in total. The van der Waals surface area contributed by atoms with Gasteiger partial charge < -0.3 is 20.4 Å². The maximum Gasteiger partial charge on any atom is 0.313 e. The molecule has 0 aliphatic carbocycles. The van der Waals surface area contributed by atoms with Gasteiger partial charge in [-0.3, -0.25) is 14.4 Å². The molecule has 0 saturated heterocycles. The van der Waals surface area contributed by atoms with E-state index in [1.807, 2.05) is 19.9 Å². The van der Waals surface area contributed by atoms with Crippen LogP contribution in [-0.4, -0.2) is 24.3 Å². The van der Waals surface area contributed by atoms with E-state index >= 15 is 0 Å². The Morgan fingerprint density at radius 3 is 2.35 bits per heavy atom. The number of halogens is 2. The van der Waals surface area contributed by atoms with Gasteiger partial charge in [0.2, 0.25) is 0 Å². The van der Waals surface area contributed by atoms with Crippen LogP contribution in [0.3, 0.4) is 0 Å². The quantitative estimate of drug-likeness (QED) is 0.329. The maximum atomic E-state index is 12.0. The predicted octanol–water partition coefficient (Wildman–Crippen LogP) is 3.52. The minimum Gasteiger partial charge on any atom is -0.460 e. The predicted molar refractivity (Wildman–Crippen MR) is 117 cm³/mol. The summed E-state index contributed by atoms with van der Waals surface area (Å²) in [6.07, 6.45) is 1.30. The second kappa shape index (κ2) is 11.2. The maximum absolute atomic E-state index is 12.0. The third-order valence-corrected chi connectivity index (χ3v) is 4.19. The minimum absolute atomic E-state index is 0.0716. The summed E-state index contributed by atoms with van der Waals surface area (Å²) in [4.78, 5) is 36.0. The Hall–Kier alpha value is -3.28. The second-order valence-corrected chi connectivity index (χ2v) is 7.75. The lowest BCUT2D eigenvalue weighted by molar-refractivity contribution is -0.136. The van der Waals surface area contributed by atoms with Gasteiger partial charge in [0.1, 0.15) is 23.2 Å². The Labute approximate surface area is 189 Å². The molecule has 10 heteroatoms. The number of amides is 3. The third kappa shape index (κ3) is 7.81. The number of nitrogens with one attached hydrogen (secondary N) is 3. The average Bonchev–Trinajstić information content (AvgIpc) is 3.15. The van der Waals surface area contributed by atoms with Crippen molar-refractivity contribution in [2.24, 2.45) is 5.92 Å². The Bertz CT molecular complexity index is 1030. The van der Waals surface area contributed by atoms with E-state index in [-0.39, 0.29) is 29.5 Å². The van der Waals surface area contributed by atoms with E-state index in [0.717, 1.165) is 0 Å². The molecule has 0 unspecified atom stereocenters. The van der Waals surface area contributed by atoms with Gasteiger partial charge in [0, 0.05) is 28.4 Å². The molecule has 31 heavy (non-hydrogen) atoms. The van der Waals surface area contributed by atoms with Crippen LogP contribution in [0.15, 0.2) is 40.3 Å². The fraction of sp³-hybridized carbons (Fsp3) is 0.238. The van der Waals surface area contributed by atoms with Crippen molar-refractivity contribution in [2.45, 2.75) is 20.4 Å². The number of nitrogens with zero attached hydrogens (tertiary/aromatic N) is 1. The van der Waals surface area contributed by atoms with Crippen molar-refractivity contribution in [3.05, 3.63) is 57.5 Å². The van der Waals surface area contributed by atoms with Gasteiger partial charge in [-0.05, 0) is 36.2 Å². The van der Waals surface area contributed by atoms with Crippen molar-refractivity contribution in [3.63, 3.8) is 0 Å². The van der Waals surface area contributed by atoms with Crippen molar-refractivity contribution < 1.29 is 18.8 Å². The molecular formula is C21H20Cl2N4O4. The van der Waals surface area contributed by atoms with E-state index in [1.165, 1.54) is 24.3 Å². The number of hydrogen-bond acceptors (Lipinski definition) is 5. The highest BCUT2D eigenvalue weighted by Crippen LogP contribution is 2.22. The second-order valence-electron chi connectivity index (χ2n) is 6.87. The van der Waals surface area contributed by atoms with E-state index in [1.54, 1.807) is 12.1 Å². The van der Waals surface area contributed by atoms with Crippen LogP contribution in [0.2, 0.25) is 10.0 Å². The van der Waals surface area contributed by atoms with Crippen LogP contribution in [-0.2, 0) is 20.9 Å². The molecule has 1 aromatic heterocycles. The van der Waals surface area contributed by atoms with Crippen LogP contribution in [0, 0.1) is 17.2 Å². The van der Waals surface area contributed by atoms with E-state index < -0.39 is 17.7 Å². The smallest absolute Gasteiger partial charge is 0.313 e. The van der Waals surface area contributed by atoms with Gasteiger partial charge in [0.25, 0.3) is 5.91 Å². The number of rotatable bonds is 7. The number of carbonyl (C=O) groups is 3. The van der Waals surface area contributed by atoms with Gasteiger partial charge in [0.15, 0.2) is 0 Å². The number of benzene rings is 1. The Balaban J connectivity index is 1.93. The lowest BCUT2D eigenvalue weighted by Crippen LogP contribution is -2.34. The van der Waals surface area contributed by atoms with Crippen LogP contribution in [0.25, 0.3) is 6.08 Å². The van der Waals surface area contributed by atoms with E-state index in [0.29, 0.717) is 22.4 Å². The average molecular weight is 463 g/mol. The summed E-state index contributed by atoms with van der Waals surface area (Å²) in [7, 11) is 0. The van der Waals surface area contributed by atoms with Gasteiger partial charge >= 0.3 is 11.8 Å². The Morgan fingerprint density at radius 1 is 1.06 bits per heavy atom. The molecule has 2 rings (SSSR count). The first-order chi connectivity index (χ1) is 14.7. The first-order valence-electron chi connectivity index (χ1n) is 9.22. The van der Waals surface area contributed by atoms with Crippen molar-refractivity contribution in [3.8, 4) is 6.07 Å². The van der Waals surface area contributed by atoms with Crippen molar-refractivity contribution in [2.75, 3.05) is 11.9 Å². The largest absolute Gasteiger partial charge is 0.460 e. The summed E-state index contributed by atoms with van der Waals surface area (Å²) >= 11 is 11.7. The molecule has 0 aliphatic heterocycles. The molecule has 0 spiro atoms. The highest BCUT2D eigenvalue weighted by atomic mass is 35.5. The summed E-state index contributed by atoms with van der Waals surface area (Å²) in [5.74, 6) is -1.46. The highest BCUT2D eigenvalue weighted by Gasteiger charge is 2.15. The molecule has 0 saturated carbocycles. The highest BCUT2D eigenvalue weighted by molar-refractivity contribution is 6.40. The number of carbonyl (C=O) groups excluding carboxylic acids is 3. The third-order valence-electron chi connectivity index (χ3n) is 3.75. The van der Waals surface area contributed by atoms with Crippen molar-refractivity contribution in [1.29, 1.82) is 5.26 Å². The van der Waals surface area contributed by atoms with Crippen LogP contribution in [0.5, 0.6) is 0 Å². The number of anilines is 1. The molecule has 162 valence electrons. The standard InChI is InChI=1S/C21H20Cl2N4O4/c1-12(2)10-25-19(28)13(9-24)5-17-3-4-18(31-17)11-26-20(29)21(30)27-16-7-14(22)6-15(23)8-16/h3-8,12H,10-11H2,1-2H3,(H,25,28)(H,26,29)(H,27,30)/b13-5-. The van der Waals surface area contributed by atoms with Gasteiger partial charge in [-0.15, -0.1) is 0 Å². The van der Waals surface area contributed by atoms with E-state index in [2.05, 4.69) is 16.0 Å². The number of hydrogen-bond donors (Lipinski definition) is 3. The molecule has 3 amide bonds. The molecule has 3 N–H and O–H groups in total. The van der Waals surface area contributed by atoms with Gasteiger partial charge in [-0.25, -0.2) is 0 Å². The van der Waals surface area contributed by atoms with Crippen LogP contribution in [0.4, 0.5) is 5.69 Å². The zero-order valence-corrected chi connectivity index (χ0v) is 18.3. The molecule has 0 bridgehead atoms. The summed E-state index contributed by atoms with van der Waals surface area (Å²) in [5.41, 5.74) is 0.174. The molecule has 0 atom stereocenters. The van der Waals surface area contributed by atoms with Crippen molar-refractivity contribution >= 4 is 52.7 Å². The number of furan rings is 1. The fourth-order valence-electron chi connectivity index (χ4n) is 2.31. The Morgan fingerprint density at radius 2 is 1.74 bits per heavy atom. The minimum atomic E-state index is -0.904. The summed E-state index contributed by atoms with van der Waals surface area (Å²) in [6.45, 7) is 4.25. The molecule has 0 fully saturated rings. The zero-order valence-electron chi connectivity index (χ0n) is 16.8. The van der Waals surface area contributed by atoms with Crippen LogP contribution in [0.1, 0.15) is 25.4 Å². The lowest BCUT2D eigenvalue weighted by Gasteiger charge is -2.06. The normalized spacial score (nSPS) is 11.0. The SMILES string of the molecule is CC(C)CNC(=O)/C(C#N)=C\c1ccc(CNC(=O)C(=O)Nc2cc(Cl)cc(Cl)c2)o1. The molecule has 2 aromatic rings. The van der Waals surface area contributed by atoms with Gasteiger partial charge in [-0.1, -0.05) is 37.0 Å². The van der Waals surface area contributed by atoms with Crippen LogP contribution >= 0.6 is 23.2 Å². The zero-order chi connectivity index (χ0) is 23.0. The molecule has 0 aliphatic rings. The monoisotopic (exact) mass is 462 g/mol. The number of nitriles is 1. The summed E-state index contributed by atoms with van der Waals surface area (Å²) < 4.78 is 5.48. The first kappa shape index (κ1) is 24.0. The first-order valence-corrected chi connectivity index (χ1v) is 9.97.